The van der Waals surface area contributed by atoms with E-state index in [0.29, 0.717) is 23.7 Å². The number of piperidine rings is 1. The van der Waals surface area contributed by atoms with E-state index < -0.39 is 9.84 Å². The fourth-order valence-electron chi connectivity index (χ4n) is 3.51. The summed E-state index contributed by atoms with van der Waals surface area (Å²) in [6.45, 7) is 2.08. The monoisotopic (exact) mass is 372 g/mol. The number of carbonyl (C=O) groups is 1. The number of sulfone groups is 1. The van der Waals surface area contributed by atoms with Gasteiger partial charge < -0.3 is 10.6 Å². The molecule has 0 aromatic heterocycles. The zero-order valence-electron chi connectivity index (χ0n) is 13.7. The van der Waals surface area contributed by atoms with Gasteiger partial charge in [-0.2, -0.15) is 0 Å². The molecular weight excluding hydrogens is 348 g/mol. The first-order chi connectivity index (χ1) is 11.1. The third-order valence-corrected chi connectivity index (χ3v) is 6.69. The van der Waals surface area contributed by atoms with Crippen molar-refractivity contribution in [2.24, 2.45) is 5.92 Å². The Morgan fingerprint density at radius 3 is 2.62 bits per heavy atom. The van der Waals surface area contributed by atoms with Gasteiger partial charge in [0.2, 0.25) is 5.91 Å². The lowest BCUT2D eigenvalue weighted by atomic mass is 9.93. The highest BCUT2D eigenvalue weighted by Gasteiger charge is 2.30. The van der Waals surface area contributed by atoms with Crippen molar-refractivity contribution in [2.45, 2.75) is 43.0 Å². The second-order valence-corrected chi connectivity index (χ2v) is 8.58. The van der Waals surface area contributed by atoms with Crippen molar-refractivity contribution in [1.29, 1.82) is 0 Å². The van der Waals surface area contributed by atoms with Crippen LogP contribution in [0.5, 0.6) is 0 Å². The minimum atomic E-state index is -3.20. The fourth-order valence-corrected chi connectivity index (χ4v) is 5.13. The van der Waals surface area contributed by atoms with Gasteiger partial charge in [0.15, 0.2) is 9.84 Å². The SMILES string of the molecule is Cl.O=C(CCC1CCNCC1)NC1CCS(=O)(=O)c2ccccc21. The summed E-state index contributed by atoms with van der Waals surface area (Å²) < 4.78 is 24.2. The van der Waals surface area contributed by atoms with Crippen LogP contribution in [0.4, 0.5) is 0 Å². The van der Waals surface area contributed by atoms with E-state index in [-0.39, 0.29) is 30.1 Å². The van der Waals surface area contributed by atoms with Gasteiger partial charge in [-0.05, 0) is 56.3 Å². The summed E-state index contributed by atoms with van der Waals surface area (Å²) in [6.07, 6.45) is 4.17. The van der Waals surface area contributed by atoms with Crippen LogP contribution in [-0.4, -0.2) is 33.2 Å². The van der Waals surface area contributed by atoms with Gasteiger partial charge in [0.25, 0.3) is 0 Å². The number of halogens is 1. The predicted molar refractivity (Wildman–Crippen MR) is 96.1 cm³/mol. The van der Waals surface area contributed by atoms with Gasteiger partial charge in [0, 0.05) is 6.42 Å². The zero-order valence-corrected chi connectivity index (χ0v) is 15.3. The van der Waals surface area contributed by atoms with Gasteiger partial charge >= 0.3 is 0 Å². The maximum Gasteiger partial charge on any atom is 0.220 e. The Morgan fingerprint density at radius 2 is 1.88 bits per heavy atom. The molecule has 1 aromatic rings. The molecule has 5 nitrogen and oxygen atoms in total. The molecule has 0 saturated carbocycles. The number of hydrogen-bond donors (Lipinski definition) is 2. The maximum atomic E-state index is 12.2. The topological polar surface area (TPSA) is 75.3 Å². The second kappa shape index (κ2) is 8.32. The van der Waals surface area contributed by atoms with E-state index in [0.717, 1.165) is 37.9 Å². The molecule has 7 heteroatoms. The molecular formula is C17H25ClN2O3S. The minimum absolute atomic E-state index is 0. The number of carbonyl (C=O) groups excluding carboxylic acids is 1. The van der Waals surface area contributed by atoms with Gasteiger partial charge in [-0.25, -0.2) is 8.42 Å². The summed E-state index contributed by atoms with van der Waals surface area (Å²) in [5.74, 6) is 0.757. The van der Waals surface area contributed by atoms with Crippen molar-refractivity contribution in [3.8, 4) is 0 Å². The Kier molecular flexibility index (Phi) is 6.66. The largest absolute Gasteiger partial charge is 0.349 e. The van der Waals surface area contributed by atoms with Crippen LogP contribution in [-0.2, 0) is 14.6 Å². The van der Waals surface area contributed by atoms with Crippen LogP contribution in [0.1, 0.15) is 43.7 Å². The molecule has 1 atom stereocenters. The van der Waals surface area contributed by atoms with Crippen molar-refractivity contribution >= 4 is 28.2 Å². The standard InChI is InChI=1S/C17H24N2O3S.ClH/c20-17(6-5-13-7-10-18-11-8-13)19-15-9-12-23(21,22)16-4-2-1-3-14(15)16;/h1-4,13,15,18H,5-12H2,(H,19,20);1H. The molecule has 2 heterocycles. The van der Waals surface area contributed by atoms with Gasteiger partial charge in [-0.1, -0.05) is 18.2 Å². The number of rotatable bonds is 4. The Bertz CT molecular complexity index is 672. The normalized spacial score (nSPS) is 22.9. The van der Waals surface area contributed by atoms with E-state index in [4.69, 9.17) is 0 Å². The molecule has 0 spiro atoms. The molecule has 1 unspecified atom stereocenters. The first-order valence-corrected chi connectivity index (χ1v) is 10.0. The molecule has 0 radical (unpaired) electrons. The lowest BCUT2D eigenvalue weighted by molar-refractivity contribution is -0.122. The van der Waals surface area contributed by atoms with Crippen LogP contribution in [0.25, 0.3) is 0 Å². The van der Waals surface area contributed by atoms with E-state index in [9.17, 15) is 13.2 Å². The number of nitrogens with one attached hydrogen (secondary N) is 2. The van der Waals surface area contributed by atoms with Crippen LogP contribution < -0.4 is 10.6 Å². The molecule has 1 saturated heterocycles. The van der Waals surface area contributed by atoms with Gasteiger partial charge in [0.05, 0.1) is 16.7 Å². The van der Waals surface area contributed by atoms with Crippen LogP contribution in [0.3, 0.4) is 0 Å². The van der Waals surface area contributed by atoms with Crippen LogP contribution in [0, 0.1) is 5.92 Å². The number of benzene rings is 1. The Morgan fingerprint density at radius 1 is 1.17 bits per heavy atom. The average Bonchev–Trinajstić information content (AvgIpc) is 2.57. The predicted octanol–water partition coefficient (Wildman–Crippen LogP) is 2.22. The van der Waals surface area contributed by atoms with E-state index in [1.807, 2.05) is 12.1 Å². The van der Waals surface area contributed by atoms with Crippen molar-refractivity contribution in [2.75, 3.05) is 18.8 Å². The molecule has 2 aliphatic heterocycles. The van der Waals surface area contributed by atoms with Gasteiger partial charge in [0.1, 0.15) is 0 Å². The van der Waals surface area contributed by atoms with Gasteiger partial charge in [-0.3, -0.25) is 4.79 Å². The highest BCUT2D eigenvalue weighted by molar-refractivity contribution is 7.91. The summed E-state index contributed by atoms with van der Waals surface area (Å²) >= 11 is 0. The fraction of sp³-hybridized carbons (Fsp3) is 0.588. The van der Waals surface area contributed by atoms with E-state index >= 15 is 0 Å². The lowest BCUT2D eigenvalue weighted by Crippen LogP contribution is -2.34. The van der Waals surface area contributed by atoms with E-state index in [1.165, 1.54) is 0 Å². The number of hydrogen-bond acceptors (Lipinski definition) is 4. The molecule has 2 aliphatic rings. The Balaban J connectivity index is 0.00000208. The van der Waals surface area contributed by atoms with Crippen molar-refractivity contribution in [3.05, 3.63) is 29.8 Å². The van der Waals surface area contributed by atoms with E-state index in [1.54, 1.807) is 12.1 Å². The molecule has 24 heavy (non-hydrogen) atoms. The second-order valence-electron chi connectivity index (χ2n) is 6.50. The van der Waals surface area contributed by atoms with Gasteiger partial charge in [-0.15, -0.1) is 12.4 Å². The van der Waals surface area contributed by atoms with Crippen LogP contribution in [0.2, 0.25) is 0 Å². The maximum absolute atomic E-state index is 12.2. The number of amides is 1. The third-order valence-electron chi connectivity index (χ3n) is 4.88. The van der Waals surface area contributed by atoms with Crippen molar-refractivity contribution in [1.82, 2.24) is 10.6 Å². The molecule has 0 bridgehead atoms. The highest BCUT2D eigenvalue weighted by Crippen LogP contribution is 2.32. The van der Waals surface area contributed by atoms with Crippen molar-refractivity contribution < 1.29 is 13.2 Å². The summed E-state index contributed by atoms with van der Waals surface area (Å²) in [6, 6.07) is 6.82. The quantitative estimate of drug-likeness (QED) is 0.849. The summed E-state index contributed by atoms with van der Waals surface area (Å²) in [5.41, 5.74) is 0.731. The first-order valence-electron chi connectivity index (χ1n) is 8.38. The molecule has 0 aliphatic carbocycles. The smallest absolute Gasteiger partial charge is 0.220 e. The average molecular weight is 373 g/mol. The zero-order chi connectivity index (χ0) is 16.3. The first kappa shape index (κ1) is 19.2. The molecule has 1 fully saturated rings. The molecule has 3 rings (SSSR count). The molecule has 134 valence electrons. The number of fused-ring (bicyclic) bond motifs is 1. The van der Waals surface area contributed by atoms with Crippen LogP contribution >= 0.6 is 12.4 Å². The molecule has 2 N–H and O–H groups in total. The summed E-state index contributed by atoms with van der Waals surface area (Å²) in [4.78, 5) is 12.6. The molecule has 1 amide bonds. The summed E-state index contributed by atoms with van der Waals surface area (Å²) in [5, 5.41) is 6.36. The van der Waals surface area contributed by atoms with Crippen molar-refractivity contribution in [3.63, 3.8) is 0 Å². The van der Waals surface area contributed by atoms with Crippen LogP contribution in [0.15, 0.2) is 29.2 Å². The third kappa shape index (κ3) is 4.49. The minimum Gasteiger partial charge on any atom is -0.349 e. The highest BCUT2D eigenvalue weighted by atomic mass is 35.5. The lowest BCUT2D eigenvalue weighted by Gasteiger charge is -2.27. The Labute approximate surface area is 149 Å². The Hall–Kier alpha value is -1.11. The summed E-state index contributed by atoms with van der Waals surface area (Å²) in [7, 11) is -3.20. The van der Waals surface area contributed by atoms with E-state index in [2.05, 4.69) is 10.6 Å². The molecule has 1 aromatic carbocycles.